The van der Waals surface area contributed by atoms with Gasteiger partial charge in [0.15, 0.2) is 21.9 Å². The third-order valence-electron chi connectivity index (χ3n) is 4.52. The Labute approximate surface area is 184 Å². The molecule has 3 rings (SSSR count). The normalized spacial score (nSPS) is 19.9. The summed E-state index contributed by atoms with van der Waals surface area (Å²) in [6.45, 7) is 6.31. The zero-order valence-corrected chi connectivity index (χ0v) is 18.5. The first-order valence-corrected chi connectivity index (χ1v) is 10.9. The number of hydrazine groups is 1. The van der Waals surface area contributed by atoms with Gasteiger partial charge in [-0.25, -0.2) is 14.8 Å². The first-order chi connectivity index (χ1) is 14.4. The summed E-state index contributed by atoms with van der Waals surface area (Å²) in [4.78, 5) is 24.7. The molecule has 1 amide bonds. The van der Waals surface area contributed by atoms with Crippen LogP contribution in [0.25, 0.3) is 6.08 Å². The lowest BCUT2D eigenvalue weighted by molar-refractivity contribution is -0.145. The summed E-state index contributed by atoms with van der Waals surface area (Å²) < 4.78 is 17.1. The van der Waals surface area contributed by atoms with Crippen LogP contribution < -0.4 is 9.47 Å². The van der Waals surface area contributed by atoms with Crippen molar-refractivity contribution < 1.29 is 28.9 Å². The van der Waals surface area contributed by atoms with Crippen molar-refractivity contribution in [3.8, 4) is 11.5 Å². The molecule has 0 bridgehead atoms. The molecule has 0 saturated carbocycles. The van der Waals surface area contributed by atoms with Gasteiger partial charge < -0.3 is 19.3 Å². The molecule has 2 heterocycles. The number of carboxylic acids is 1. The molecule has 0 spiro atoms. The SMILES string of the molecule is CCOc1cc(/C=C2/SC(=S)N(N3CCOCC3)C2=O)ccc1OC(CC)C(=O)O. The summed E-state index contributed by atoms with van der Waals surface area (Å²) in [6.07, 6.45) is 1.12. The molecule has 2 fully saturated rings. The number of carboxylic acid groups (broad SMARTS) is 1. The molecule has 10 heteroatoms. The number of hydrogen-bond acceptors (Lipinski definition) is 8. The molecule has 1 aromatic rings. The molecule has 30 heavy (non-hydrogen) atoms. The van der Waals surface area contributed by atoms with Gasteiger partial charge in [-0.3, -0.25) is 4.79 Å². The van der Waals surface area contributed by atoms with Crippen LogP contribution in [0.1, 0.15) is 25.8 Å². The first-order valence-electron chi connectivity index (χ1n) is 9.71. The molecular weight excluding hydrogens is 428 g/mol. The highest BCUT2D eigenvalue weighted by Gasteiger charge is 2.37. The molecule has 162 valence electrons. The first kappa shape index (κ1) is 22.5. The average Bonchev–Trinajstić information content (AvgIpc) is 3.01. The summed E-state index contributed by atoms with van der Waals surface area (Å²) in [7, 11) is 0. The second-order valence-corrected chi connectivity index (χ2v) is 8.23. The topological polar surface area (TPSA) is 88.5 Å². The Bertz CT molecular complexity index is 854. The van der Waals surface area contributed by atoms with Gasteiger partial charge in [-0.2, -0.15) is 0 Å². The minimum atomic E-state index is -1.03. The standard InChI is InChI=1S/C20H24N2O6S2/c1-3-14(19(24)25)28-15-6-5-13(11-16(15)27-4-2)12-17-18(23)22(20(29)30-17)21-7-9-26-10-8-21/h5-6,11-12,14H,3-4,7-10H2,1-2H3,(H,24,25)/b17-12+. The van der Waals surface area contributed by atoms with Crippen molar-refractivity contribution in [3.63, 3.8) is 0 Å². The molecule has 1 unspecified atom stereocenters. The Balaban J connectivity index is 1.82. The molecule has 1 aromatic carbocycles. The van der Waals surface area contributed by atoms with E-state index in [-0.39, 0.29) is 5.91 Å². The average molecular weight is 453 g/mol. The summed E-state index contributed by atoms with van der Waals surface area (Å²) in [6, 6.07) is 5.15. The van der Waals surface area contributed by atoms with Gasteiger partial charge in [0, 0.05) is 13.1 Å². The van der Waals surface area contributed by atoms with Crippen molar-refractivity contribution in [2.24, 2.45) is 0 Å². The number of nitrogens with zero attached hydrogens (tertiary/aromatic N) is 2. The van der Waals surface area contributed by atoms with Crippen molar-refractivity contribution in [1.29, 1.82) is 0 Å². The molecular formula is C20H24N2O6S2. The fraction of sp³-hybridized carbons (Fsp3) is 0.450. The highest BCUT2D eigenvalue weighted by Crippen LogP contribution is 2.36. The van der Waals surface area contributed by atoms with Crippen LogP contribution >= 0.6 is 24.0 Å². The Morgan fingerprint density at radius 3 is 2.70 bits per heavy atom. The van der Waals surface area contributed by atoms with Crippen molar-refractivity contribution in [3.05, 3.63) is 28.7 Å². The number of thiocarbonyl (C=S) groups is 1. The molecule has 1 N–H and O–H groups in total. The fourth-order valence-corrected chi connectivity index (χ4v) is 4.36. The Morgan fingerprint density at radius 2 is 2.07 bits per heavy atom. The molecule has 1 atom stereocenters. The predicted molar refractivity (Wildman–Crippen MR) is 117 cm³/mol. The smallest absolute Gasteiger partial charge is 0.344 e. The van der Waals surface area contributed by atoms with Crippen LogP contribution in [0.3, 0.4) is 0 Å². The molecule has 8 nitrogen and oxygen atoms in total. The predicted octanol–water partition coefficient (Wildman–Crippen LogP) is 2.78. The summed E-state index contributed by atoms with van der Waals surface area (Å²) >= 11 is 6.66. The number of ether oxygens (including phenoxy) is 3. The Kier molecular flexibility index (Phi) is 7.70. The summed E-state index contributed by atoms with van der Waals surface area (Å²) in [5.41, 5.74) is 0.733. The van der Waals surface area contributed by atoms with E-state index in [9.17, 15) is 14.7 Å². The number of carbonyl (C=O) groups is 2. The van der Waals surface area contributed by atoms with Gasteiger partial charge in [0.05, 0.1) is 24.7 Å². The highest BCUT2D eigenvalue weighted by molar-refractivity contribution is 8.26. The fourth-order valence-electron chi connectivity index (χ4n) is 3.05. The molecule has 0 aliphatic carbocycles. The lowest BCUT2D eigenvalue weighted by Crippen LogP contribution is -2.50. The van der Waals surface area contributed by atoms with Crippen molar-refractivity contribution >= 4 is 46.3 Å². The summed E-state index contributed by atoms with van der Waals surface area (Å²) in [5, 5.41) is 12.7. The maximum Gasteiger partial charge on any atom is 0.344 e. The number of morpholine rings is 1. The number of benzene rings is 1. The van der Waals surface area contributed by atoms with E-state index >= 15 is 0 Å². The van der Waals surface area contributed by atoms with Crippen molar-refractivity contribution in [2.45, 2.75) is 26.4 Å². The van der Waals surface area contributed by atoms with Crippen LogP contribution in [0.4, 0.5) is 0 Å². The van der Waals surface area contributed by atoms with Gasteiger partial charge in [-0.05, 0) is 37.1 Å². The van der Waals surface area contributed by atoms with Gasteiger partial charge in [0.2, 0.25) is 0 Å². The highest BCUT2D eigenvalue weighted by atomic mass is 32.2. The second kappa shape index (κ2) is 10.3. The van der Waals surface area contributed by atoms with E-state index in [0.29, 0.717) is 60.1 Å². The quantitative estimate of drug-likeness (QED) is 0.472. The molecule has 2 aliphatic heterocycles. The van der Waals surface area contributed by atoms with Gasteiger partial charge in [0.25, 0.3) is 5.91 Å². The van der Waals surface area contributed by atoms with Crippen LogP contribution in [0.5, 0.6) is 11.5 Å². The number of carbonyl (C=O) groups excluding carboxylic acids is 1. The largest absolute Gasteiger partial charge is 0.490 e. The number of rotatable bonds is 8. The van der Waals surface area contributed by atoms with Crippen molar-refractivity contribution in [2.75, 3.05) is 32.9 Å². The summed E-state index contributed by atoms with van der Waals surface area (Å²) in [5.74, 6) is -0.420. The molecule has 2 saturated heterocycles. The van der Waals surface area contributed by atoms with E-state index in [1.54, 1.807) is 31.2 Å². The van der Waals surface area contributed by atoms with Gasteiger partial charge in [0.1, 0.15) is 0 Å². The van der Waals surface area contributed by atoms with Crippen molar-refractivity contribution in [1.82, 2.24) is 10.0 Å². The third kappa shape index (κ3) is 5.12. The zero-order valence-electron chi connectivity index (χ0n) is 16.8. The van der Waals surface area contributed by atoms with E-state index in [4.69, 9.17) is 26.4 Å². The van der Waals surface area contributed by atoms with E-state index in [1.807, 2.05) is 11.9 Å². The zero-order chi connectivity index (χ0) is 21.7. The van der Waals surface area contributed by atoms with Crippen LogP contribution in [-0.2, 0) is 14.3 Å². The molecule has 0 radical (unpaired) electrons. The monoisotopic (exact) mass is 452 g/mol. The maximum atomic E-state index is 12.9. The Morgan fingerprint density at radius 1 is 1.33 bits per heavy atom. The van der Waals surface area contributed by atoms with Gasteiger partial charge in [-0.1, -0.05) is 37.0 Å². The minimum Gasteiger partial charge on any atom is -0.490 e. The lowest BCUT2D eigenvalue weighted by atomic mass is 10.1. The van der Waals surface area contributed by atoms with Gasteiger partial charge >= 0.3 is 5.97 Å². The van der Waals surface area contributed by atoms with Crippen LogP contribution in [0.15, 0.2) is 23.1 Å². The van der Waals surface area contributed by atoms with Crippen LogP contribution in [0, 0.1) is 0 Å². The minimum absolute atomic E-state index is 0.165. The second-order valence-electron chi connectivity index (χ2n) is 6.55. The van der Waals surface area contributed by atoms with E-state index in [0.717, 1.165) is 5.56 Å². The number of aliphatic carboxylic acids is 1. The molecule has 0 aromatic heterocycles. The molecule has 2 aliphatic rings. The van der Waals surface area contributed by atoms with E-state index in [2.05, 4.69) is 0 Å². The number of thioether (sulfide) groups is 1. The maximum absolute atomic E-state index is 12.9. The number of hydrogen-bond donors (Lipinski definition) is 1. The lowest BCUT2D eigenvalue weighted by Gasteiger charge is -2.33. The Hall–Kier alpha value is -2.14. The third-order valence-corrected chi connectivity index (χ3v) is 5.81. The van der Waals surface area contributed by atoms with E-state index < -0.39 is 12.1 Å². The van der Waals surface area contributed by atoms with Crippen LogP contribution in [-0.4, -0.2) is 70.3 Å². The van der Waals surface area contributed by atoms with Crippen LogP contribution in [0.2, 0.25) is 0 Å². The van der Waals surface area contributed by atoms with Gasteiger partial charge in [-0.15, -0.1) is 0 Å². The van der Waals surface area contributed by atoms with E-state index in [1.165, 1.54) is 16.8 Å². The number of amides is 1.